The Kier molecular flexibility index (Phi) is 4.47. The minimum absolute atomic E-state index is 0.139. The zero-order valence-corrected chi connectivity index (χ0v) is 10.2. The molecule has 0 aliphatic rings. The van der Waals surface area contributed by atoms with Gasteiger partial charge in [-0.2, -0.15) is 5.26 Å². The van der Waals surface area contributed by atoms with Gasteiger partial charge in [0.2, 0.25) is 5.91 Å². The third-order valence-electron chi connectivity index (χ3n) is 2.32. The van der Waals surface area contributed by atoms with Gasteiger partial charge in [-0.05, 0) is 17.4 Å². The Bertz CT molecular complexity index is 406. The lowest BCUT2D eigenvalue weighted by atomic mass is 10.0. The van der Waals surface area contributed by atoms with E-state index in [2.05, 4.69) is 5.32 Å². The molecule has 1 aromatic heterocycles. The van der Waals surface area contributed by atoms with E-state index in [1.165, 1.54) is 11.3 Å². The SMILES string of the molecule is CC(C)C(N)CC(=O)Nc1sccc1C#N. The molecule has 0 spiro atoms. The second-order valence-corrected chi connectivity index (χ2v) is 4.85. The van der Waals surface area contributed by atoms with Crippen molar-refractivity contribution in [3.05, 3.63) is 17.0 Å². The standard InChI is InChI=1S/C11H15N3OS/c1-7(2)9(13)5-10(15)14-11-8(6-12)3-4-16-11/h3-4,7,9H,5,13H2,1-2H3,(H,14,15). The third-order valence-corrected chi connectivity index (χ3v) is 3.15. The molecule has 16 heavy (non-hydrogen) atoms. The van der Waals surface area contributed by atoms with Crippen molar-refractivity contribution < 1.29 is 4.79 Å². The number of nitrogens with one attached hydrogen (secondary N) is 1. The first-order valence-electron chi connectivity index (χ1n) is 5.07. The summed E-state index contributed by atoms with van der Waals surface area (Å²) < 4.78 is 0. The van der Waals surface area contributed by atoms with Gasteiger partial charge in [-0.25, -0.2) is 0 Å². The number of hydrogen-bond acceptors (Lipinski definition) is 4. The van der Waals surface area contributed by atoms with Gasteiger partial charge >= 0.3 is 0 Å². The van der Waals surface area contributed by atoms with Gasteiger partial charge in [0.1, 0.15) is 11.1 Å². The molecular weight excluding hydrogens is 222 g/mol. The van der Waals surface area contributed by atoms with Crippen LogP contribution >= 0.6 is 11.3 Å². The predicted octanol–water partition coefficient (Wildman–Crippen LogP) is 1.93. The van der Waals surface area contributed by atoms with E-state index in [1.807, 2.05) is 19.9 Å². The van der Waals surface area contributed by atoms with Crippen molar-refractivity contribution in [3.8, 4) is 6.07 Å². The summed E-state index contributed by atoms with van der Waals surface area (Å²) in [5.41, 5.74) is 6.29. The topological polar surface area (TPSA) is 78.9 Å². The lowest BCUT2D eigenvalue weighted by molar-refractivity contribution is -0.116. The molecule has 5 heteroatoms. The van der Waals surface area contributed by atoms with Gasteiger partial charge in [-0.15, -0.1) is 11.3 Å². The number of anilines is 1. The molecule has 4 nitrogen and oxygen atoms in total. The Morgan fingerprint density at radius 2 is 2.38 bits per heavy atom. The van der Waals surface area contributed by atoms with E-state index in [4.69, 9.17) is 11.0 Å². The summed E-state index contributed by atoms with van der Waals surface area (Å²) in [7, 11) is 0. The van der Waals surface area contributed by atoms with Gasteiger partial charge in [-0.1, -0.05) is 13.8 Å². The fourth-order valence-corrected chi connectivity index (χ4v) is 1.88. The lowest BCUT2D eigenvalue weighted by Crippen LogP contribution is -2.31. The van der Waals surface area contributed by atoms with E-state index in [1.54, 1.807) is 11.4 Å². The van der Waals surface area contributed by atoms with Gasteiger partial charge in [0, 0.05) is 12.5 Å². The Balaban J connectivity index is 2.56. The molecule has 0 saturated carbocycles. The van der Waals surface area contributed by atoms with Crippen molar-refractivity contribution in [3.63, 3.8) is 0 Å². The summed E-state index contributed by atoms with van der Waals surface area (Å²) in [6.07, 6.45) is 0.278. The normalized spacial score (nSPS) is 12.2. The molecule has 0 aliphatic carbocycles. The molecule has 86 valence electrons. The molecule has 1 amide bonds. The van der Waals surface area contributed by atoms with Crippen molar-refractivity contribution in [2.45, 2.75) is 26.3 Å². The first-order chi connectivity index (χ1) is 7.54. The Morgan fingerprint density at radius 1 is 1.69 bits per heavy atom. The lowest BCUT2D eigenvalue weighted by Gasteiger charge is -2.14. The monoisotopic (exact) mass is 237 g/mol. The number of hydrogen-bond donors (Lipinski definition) is 2. The molecular formula is C11H15N3OS. The molecule has 1 heterocycles. The molecule has 1 aromatic rings. The number of nitrogens with two attached hydrogens (primary N) is 1. The average molecular weight is 237 g/mol. The fourth-order valence-electron chi connectivity index (χ4n) is 1.12. The second-order valence-electron chi connectivity index (χ2n) is 3.94. The molecule has 0 bridgehead atoms. The number of amides is 1. The number of carbonyl (C=O) groups is 1. The second kappa shape index (κ2) is 5.64. The first-order valence-corrected chi connectivity index (χ1v) is 5.95. The summed E-state index contributed by atoms with van der Waals surface area (Å²) in [6, 6.07) is 3.56. The van der Waals surface area contributed by atoms with Crippen LogP contribution in [0, 0.1) is 17.2 Å². The van der Waals surface area contributed by atoms with Crippen LogP contribution in [0.15, 0.2) is 11.4 Å². The van der Waals surface area contributed by atoms with Crippen molar-refractivity contribution in [1.29, 1.82) is 5.26 Å². The van der Waals surface area contributed by atoms with Crippen molar-refractivity contribution in [1.82, 2.24) is 0 Å². The summed E-state index contributed by atoms with van der Waals surface area (Å²) in [4.78, 5) is 11.6. The maximum Gasteiger partial charge on any atom is 0.226 e. The van der Waals surface area contributed by atoms with Crippen LogP contribution in [0.3, 0.4) is 0 Å². The van der Waals surface area contributed by atoms with Crippen molar-refractivity contribution >= 4 is 22.2 Å². The number of nitrogens with zero attached hydrogens (tertiary/aromatic N) is 1. The molecule has 0 radical (unpaired) electrons. The molecule has 0 aromatic carbocycles. The zero-order valence-electron chi connectivity index (χ0n) is 9.36. The Morgan fingerprint density at radius 3 is 2.94 bits per heavy atom. The number of rotatable bonds is 4. The van der Waals surface area contributed by atoms with Crippen LogP contribution in [0.5, 0.6) is 0 Å². The Labute approximate surface area is 99.1 Å². The minimum Gasteiger partial charge on any atom is -0.327 e. The number of nitriles is 1. The molecule has 3 N–H and O–H groups in total. The average Bonchev–Trinajstić information content (AvgIpc) is 2.64. The maximum absolute atomic E-state index is 11.6. The van der Waals surface area contributed by atoms with E-state index in [9.17, 15) is 4.79 Å². The number of thiophene rings is 1. The van der Waals surface area contributed by atoms with Gasteiger partial charge in [0.15, 0.2) is 0 Å². The molecule has 0 fully saturated rings. The highest BCUT2D eigenvalue weighted by Crippen LogP contribution is 2.22. The zero-order chi connectivity index (χ0) is 12.1. The Hall–Kier alpha value is -1.38. The van der Waals surface area contributed by atoms with Crippen LogP contribution in [-0.2, 0) is 4.79 Å². The highest BCUT2D eigenvalue weighted by atomic mass is 32.1. The largest absolute Gasteiger partial charge is 0.327 e. The molecule has 0 aliphatic heterocycles. The van der Waals surface area contributed by atoms with E-state index in [-0.39, 0.29) is 24.3 Å². The van der Waals surface area contributed by atoms with Crippen molar-refractivity contribution in [2.75, 3.05) is 5.32 Å². The molecule has 0 saturated heterocycles. The van der Waals surface area contributed by atoms with Crippen LogP contribution in [-0.4, -0.2) is 11.9 Å². The summed E-state index contributed by atoms with van der Waals surface area (Å²) in [6.45, 7) is 3.95. The van der Waals surface area contributed by atoms with Gasteiger partial charge in [0.05, 0.1) is 5.56 Å². The predicted molar refractivity (Wildman–Crippen MR) is 65.1 cm³/mol. The number of carbonyl (C=O) groups excluding carboxylic acids is 1. The third kappa shape index (κ3) is 3.33. The van der Waals surface area contributed by atoms with Crippen molar-refractivity contribution in [2.24, 2.45) is 11.7 Å². The smallest absolute Gasteiger partial charge is 0.226 e. The van der Waals surface area contributed by atoms with Crippen LogP contribution < -0.4 is 11.1 Å². The molecule has 1 unspecified atom stereocenters. The highest BCUT2D eigenvalue weighted by Gasteiger charge is 2.14. The van der Waals surface area contributed by atoms with Crippen LogP contribution in [0.4, 0.5) is 5.00 Å². The van der Waals surface area contributed by atoms with Crippen LogP contribution in [0.25, 0.3) is 0 Å². The molecule has 1 rings (SSSR count). The molecule has 1 atom stereocenters. The minimum atomic E-state index is -0.148. The summed E-state index contributed by atoms with van der Waals surface area (Å²) in [5, 5.41) is 13.9. The van der Waals surface area contributed by atoms with Crippen LogP contribution in [0.1, 0.15) is 25.8 Å². The van der Waals surface area contributed by atoms with Gasteiger partial charge in [0.25, 0.3) is 0 Å². The van der Waals surface area contributed by atoms with Gasteiger partial charge in [-0.3, -0.25) is 4.79 Å². The summed E-state index contributed by atoms with van der Waals surface area (Å²) >= 11 is 1.34. The maximum atomic E-state index is 11.6. The van der Waals surface area contributed by atoms with Crippen LogP contribution in [0.2, 0.25) is 0 Å². The first kappa shape index (κ1) is 12.7. The van der Waals surface area contributed by atoms with E-state index in [0.29, 0.717) is 10.6 Å². The van der Waals surface area contributed by atoms with Gasteiger partial charge < -0.3 is 11.1 Å². The highest BCUT2D eigenvalue weighted by molar-refractivity contribution is 7.14. The van der Waals surface area contributed by atoms with E-state index >= 15 is 0 Å². The summed E-state index contributed by atoms with van der Waals surface area (Å²) in [5.74, 6) is 0.129. The fraction of sp³-hybridized carbons (Fsp3) is 0.455. The van der Waals surface area contributed by atoms with E-state index in [0.717, 1.165) is 0 Å². The quantitative estimate of drug-likeness (QED) is 0.839. The van der Waals surface area contributed by atoms with E-state index < -0.39 is 0 Å².